The summed E-state index contributed by atoms with van der Waals surface area (Å²) in [4.78, 5) is 11.8. The topological polar surface area (TPSA) is 26.3 Å². The molecule has 0 N–H and O–H groups in total. The van der Waals surface area contributed by atoms with E-state index < -0.39 is 0 Å². The van der Waals surface area contributed by atoms with Crippen molar-refractivity contribution in [1.82, 2.24) is 0 Å². The summed E-state index contributed by atoms with van der Waals surface area (Å²) < 4.78 is 5.57. The number of ether oxygens (including phenoxy) is 1. The van der Waals surface area contributed by atoms with Gasteiger partial charge in [0.2, 0.25) is 0 Å². The fourth-order valence-corrected chi connectivity index (χ4v) is 3.00. The molecule has 3 rings (SSSR count). The fraction of sp³-hybridized carbons (Fsp3) is 0.400. The molecule has 2 aliphatic rings. The van der Waals surface area contributed by atoms with Crippen LogP contribution in [0.3, 0.4) is 0 Å². The van der Waals surface area contributed by atoms with Gasteiger partial charge in [0.15, 0.2) is 11.5 Å². The zero-order valence-electron chi connectivity index (χ0n) is 9.98. The molecule has 1 aliphatic carbocycles. The standard InChI is InChI=1S/C15H16O2/c1-10-9-13(16)15-14(10)12(7-8-17-15)11-5-3-2-4-6-11/h2-6,10,12H,7-9H2,1H3/t10-,12-/m1/s1. The van der Waals surface area contributed by atoms with Gasteiger partial charge in [-0.1, -0.05) is 37.3 Å². The molecule has 1 aliphatic heterocycles. The molecule has 0 radical (unpaired) electrons. The van der Waals surface area contributed by atoms with E-state index in [0.717, 1.165) is 6.42 Å². The van der Waals surface area contributed by atoms with Crippen molar-refractivity contribution in [3.63, 3.8) is 0 Å². The van der Waals surface area contributed by atoms with E-state index in [9.17, 15) is 4.79 Å². The Morgan fingerprint density at radius 2 is 2.00 bits per heavy atom. The second-order valence-corrected chi connectivity index (χ2v) is 4.91. The van der Waals surface area contributed by atoms with Crippen LogP contribution in [-0.4, -0.2) is 12.4 Å². The van der Waals surface area contributed by atoms with E-state index in [1.54, 1.807) is 0 Å². The number of Topliss-reactive ketones (excluding diaryl/α,β-unsaturated/α-hetero) is 1. The number of carbonyl (C=O) groups excluding carboxylic acids is 1. The van der Waals surface area contributed by atoms with Crippen LogP contribution in [0.5, 0.6) is 0 Å². The summed E-state index contributed by atoms with van der Waals surface area (Å²) in [5.74, 6) is 1.56. The van der Waals surface area contributed by atoms with Crippen LogP contribution in [0.2, 0.25) is 0 Å². The van der Waals surface area contributed by atoms with Gasteiger partial charge in [-0.05, 0) is 23.5 Å². The van der Waals surface area contributed by atoms with Gasteiger partial charge < -0.3 is 4.74 Å². The van der Waals surface area contributed by atoms with Crippen molar-refractivity contribution in [3.8, 4) is 0 Å². The smallest absolute Gasteiger partial charge is 0.197 e. The van der Waals surface area contributed by atoms with Crippen LogP contribution in [0.15, 0.2) is 41.7 Å². The van der Waals surface area contributed by atoms with Crippen molar-refractivity contribution in [1.29, 1.82) is 0 Å². The SMILES string of the molecule is C[C@@H]1CC(=O)C2=C1[C@@H](c1ccccc1)CCO2. The van der Waals surface area contributed by atoms with Gasteiger partial charge in [0.05, 0.1) is 6.61 Å². The highest BCUT2D eigenvalue weighted by Crippen LogP contribution is 2.44. The zero-order chi connectivity index (χ0) is 11.8. The Kier molecular flexibility index (Phi) is 2.50. The normalized spacial score (nSPS) is 27.9. The molecule has 0 spiro atoms. The summed E-state index contributed by atoms with van der Waals surface area (Å²) in [7, 11) is 0. The summed E-state index contributed by atoms with van der Waals surface area (Å²) in [6.45, 7) is 2.79. The van der Waals surface area contributed by atoms with Gasteiger partial charge in [-0.25, -0.2) is 0 Å². The number of carbonyl (C=O) groups is 1. The third kappa shape index (κ3) is 1.68. The third-order valence-corrected chi connectivity index (χ3v) is 3.77. The van der Waals surface area contributed by atoms with Crippen LogP contribution in [0.1, 0.15) is 31.2 Å². The van der Waals surface area contributed by atoms with Crippen molar-refractivity contribution in [2.75, 3.05) is 6.61 Å². The Morgan fingerprint density at radius 1 is 1.24 bits per heavy atom. The average molecular weight is 228 g/mol. The van der Waals surface area contributed by atoms with Crippen LogP contribution in [0.25, 0.3) is 0 Å². The highest BCUT2D eigenvalue weighted by molar-refractivity contribution is 5.97. The molecule has 0 amide bonds. The summed E-state index contributed by atoms with van der Waals surface area (Å²) >= 11 is 0. The predicted molar refractivity (Wildman–Crippen MR) is 65.6 cm³/mol. The van der Waals surface area contributed by atoms with Gasteiger partial charge in [0.1, 0.15) is 0 Å². The third-order valence-electron chi connectivity index (χ3n) is 3.77. The van der Waals surface area contributed by atoms with Gasteiger partial charge >= 0.3 is 0 Å². The number of hydrogen-bond acceptors (Lipinski definition) is 2. The Labute approximate surface area is 101 Å². The van der Waals surface area contributed by atoms with E-state index >= 15 is 0 Å². The van der Waals surface area contributed by atoms with Crippen molar-refractivity contribution in [2.24, 2.45) is 5.92 Å². The minimum atomic E-state index is 0.188. The van der Waals surface area contributed by atoms with E-state index in [-0.39, 0.29) is 5.78 Å². The summed E-state index contributed by atoms with van der Waals surface area (Å²) in [5.41, 5.74) is 2.54. The van der Waals surface area contributed by atoms with Crippen LogP contribution < -0.4 is 0 Å². The predicted octanol–water partition coefficient (Wildman–Crippen LogP) is 3.05. The lowest BCUT2D eigenvalue weighted by Gasteiger charge is -2.27. The first kappa shape index (κ1) is 10.6. The zero-order valence-corrected chi connectivity index (χ0v) is 9.98. The lowest BCUT2D eigenvalue weighted by molar-refractivity contribution is -0.118. The fourth-order valence-electron chi connectivity index (χ4n) is 3.00. The quantitative estimate of drug-likeness (QED) is 0.738. The highest BCUT2D eigenvalue weighted by atomic mass is 16.5. The first-order valence-electron chi connectivity index (χ1n) is 6.22. The highest BCUT2D eigenvalue weighted by Gasteiger charge is 2.38. The van der Waals surface area contributed by atoms with Crippen LogP contribution in [0, 0.1) is 5.92 Å². The number of hydrogen-bond donors (Lipinski definition) is 0. The van der Waals surface area contributed by atoms with Crippen molar-refractivity contribution in [2.45, 2.75) is 25.7 Å². The van der Waals surface area contributed by atoms with Gasteiger partial charge in [0, 0.05) is 12.3 Å². The molecule has 1 heterocycles. The van der Waals surface area contributed by atoms with Crippen molar-refractivity contribution < 1.29 is 9.53 Å². The maximum Gasteiger partial charge on any atom is 0.197 e. The second kappa shape index (κ2) is 4.02. The molecule has 0 fully saturated rings. The summed E-state index contributed by atoms with van der Waals surface area (Å²) in [5, 5.41) is 0. The van der Waals surface area contributed by atoms with Gasteiger partial charge in [-0.15, -0.1) is 0 Å². The maximum absolute atomic E-state index is 11.8. The molecule has 0 aromatic heterocycles. The Balaban J connectivity index is 2.04. The number of allylic oxidation sites excluding steroid dienone is 2. The Hall–Kier alpha value is -1.57. The molecule has 2 atom stereocenters. The molecule has 2 heteroatoms. The van der Waals surface area contributed by atoms with Crippen LogP contribution >= 0.6 is 0 Å². The number of benzene rings is 1. The molecule has 0 saturated carbocycles. The minimum Gasteiger partial charge on any atom is -0.490 e. The number of ketones is 1. The lowest BCUT2D eigenvalue weighted by Crippen LogP contribution is -2.17. The van der Waals surface area contributed by atoms with Gasteiger partial charge in [-0.3, -0.25) is 4.79 Å². The number of rotatable bonds is 1. The molecular weight excluding hydrogens is 212 g/mol. The molecule has 0 bridgehead atoms. The van der Waals surface area contributed by atoms with E-state index in [4.69, 9.17) is 4.74 Å². The van der Waals surface area contributed by atoms with E-state index in [1.165, 1.54) is 11.1 Å². The van der Waals surface area contributed by atoms with Gasteiger partial charge in [-0.2, -0.15) is 0 Å². The second-order valence-electron chi connectivity index (χ2n) is 4.91. The van der Waals surface area contributed by atoms with Crippen molar-refractivity contribution >= 4 is 5.78 Å². The van der Waals surface area contributed by atoms with E-state index in [2.05, 4.69) is 31.2 Å². The van der Waals surface area contributed by atoms with Crippen molar-refractivity contribution in [3.05, 3.63) is 47.2 Å². The Morgan fingerprint density at radius 3 is 2.76 bits per heavy atom. The van der Waals surface area contributed by atoms with E-state index in [1.807, 2.05) is 6.07 Å². The summed E-state index contributed by atoms with van der Waals surface area (Å²) in [6.07, 6.45) is 1.61. The first-order chi connectivity index (χ1) is 8.27. The molecule has 1 aromatic rings. The summed E-state index contributed by atoms with van der Waals surface area (Å²) in [6, 6.07) is 10.5. The maximum atomic E-state index is 11.8. The molecule has 0 unspecified atom stereocenters. The van der Waals surface area contributed by atoms with Gasteiger partial charge in [0.25, 0.3) is 0 Å². The first-order valence-corrected chi connectivity index (χ1v) is 6.22. The molecule has 17 heavy (non-hydrogen) atoms. The molecule has 0 saturated heterocycles. The monoisotopic (exact) mass is 228 g/mol. The Bertz CT molecular complexity index is 473. The van der Waals surface area contributed by atoms with Crippen LogP contribution in [-0.2, 0) is 9.53 Å². The largest absolute Gasteiger partial charge is 0.490 e. The molecular formula is C15H16O2. The van der Waals surface area contributed by atoms with Crippen LogP contribution in [0.4, 0.5) is 0 Å². The average Bonchev–Trinajstić information content (AvgIpc) is 2.66. The lowest BCUT2D eigenvalue weighted by atomic mass is 9.83. The molecule has 1 aromatic carbocycles. The minimum absolute atomic E-state index is 0.188. The molecule has 88 valence electrons. The van der Waals surface area contributed by atoms with E-state index in [0.29, 0.717) is 30.6 Å². The molecule has 2 nitrogen and oxygen atoms in total.